The monoisotopic (exact) mass is 284 g/mol. The average Bonchev–Trinajstić information content (AvgIpc) is 2.88. The summed E-state index contributed by atoms with van der Waals surface area (Å²) in [5, 5.41) is 0. The molecule has 6 heteroatoms. The highest BCUT2D eigenvalue weighted by Crippen LogP contribution is 2.23. The first-order valence-corrected chi connectivity index (χ1v) is 7.75. The largest absolute Gasteiger partial charge is 0.380 e. The van der Waals surface area contributed by atoms with Gasteiger partial charge < -0.3 is 10.5 Å². The minimum Gasteiger partial charge on any atom is -0.380 e. The van der Waals surface area contributed by atoms with E-state index in [9.17, 15) is 8.42 Å². The van der Waals surface area contributed by atoms with E-state index in [0.29, 0.717) is 24.5 Å². The lowest BCUT2D eigenvalue weighted by atomic mass is 10.1. The van der Waals surface area contributed by atoms with E-state index in [1.54, 1.807) is 25.3 Å². The molecule has 2 N–H and O–H groups in total. The topological polar surface area (TPSA) is 72.6 Å². The SMILES string of the molecule is COC1CCN(S(=O)(=O)c2ccc(CN)c(C)c2)C1. The fraction of sp³-hybridized carbons (Fsp3) is 0.538. The van der Waals surface area contributed by atoms with Crippen LogP contribution in [0.25, 0.3) is 0 Å². The Hall–Kier alpha value is -0.950. The van der Waals surface area contributed by atoms with Crippen molar-refractivity contribution in [1.29, 1.82) is 0 Å². The molecule has 1 saturated heterocycles. The summed E-state index contributed by atoms with van der Waals surface area (Å²) in [6.07, 6.45) is 0.745. The van der Waals surface area contributed by atoms with Gasteiger partial charge in [0.25, 0.3) is 0 Å². The maximum atomic E-state index is 12.5. The van der Waals surface area contributed by atoms with Gasteiger partial charge in [0, 0.05) is 26.7 Å². The second-order valence-electron chi connectivity index (χ2n) is 4.80. The Bertz CT molecular complexity index is 557. The Labute approximate surface area is 114 Å². The molecular formula is C13H20N2O3S. The number of nitrogens with zero attached hydrogens (tertiary/aromatic N) is 1. The van der Waals surface area contributed by atoms with Gasteiger partial charge in [0.2, 0.25) is 10.0 Å². The Morgan fingerprint density at radius 3 is 2.74 bits per heavy atom. The van der Waals surface area contributed by atoms with Crippen molar-refractivity contribution in [3.05, 3.63) is 29.3 Å². The van der Waals surface area contributed by atoms with Crippen LogP contribution in [0.4, 0.5) is 0 Å². The molecule has 0 bridgehead atoms. The van der Waals surface area contributed by atoms with Crippen molar-refractivity contribution in [3.8, 4) is 0 Å². The smallest absolute Gasteiger partial charge is 0.243 e. The lowest BCUT2D eigenvalue weighted by molar-refractivity contribution is 0.115. The molecule has 1 heterocycles. The van der Waals surface area contributed by atoms with Gasteiger partial charge >= 0.3 is 0 Å². The van der Waals surface area contributed by atoms with Crippen LogP contribution in [0.5, 0.6) is 0 Å². The molecule has 0 aromatic heterocycles. The number of aryl methyl sites for hydroxylation is 1. The van der Waals surface area contributed by atoms with Crippen LogP contribution in [0, 0.1) is 6.92 Å². The van der Waals surface area contributed by atoms with Gasteiger partial charge in [-0.1, -0.05) is 6.07 Å². The maximum Gasteiger partial charge on any atom is 0.243 e. The fourth-order valence-corrected chi connectivity index (χ4v) is 3.89. The van der Waals surface area contributed by atoms with Crippen molar-refractivity contribution in [1.82, 2.24) is 4.31 Å². The summed E-state index contributed by atoms with van der Waals surface area (Å²) in [5.41, 5.74) is 7.47. The first-order valence-electron chi connectivity index (χ1n) is 6.31. The number of hydrogen-bond acceptors (Lipinski definition) is 4. The third-order valence-electron chi connectivity index (χ3n) is 3.61. The third kappa shape index (κ3) is 2.81. The molecule has 5 nitrogen and oxygen atoms in total. The Kier molecular flexibility index (Phi) is 4.25. The third-order valence-corrected chi connectivity index (χ3v) is 5.47. The zero-order valence-corrected chi connectivity index (χ0v) is 12.1. The highest BCUT2D eigenvalue weighted by atomic mass is 32.2. The van der Waals surface area contributed by atoms with Gasteiger partial charge in [-0.05, 0) is 36.6 Å². The lowest BCUT2D eigenvalue weighted by Crippen LogP contribution is -2.30. The van der Waals surface area contributed by atoms with Crippen molar-refractivity contribution in [2.45, 2.75) is 30.9 Å². The van der Waals surface area contributed by atoms with Gasteiger partial charge in [-0.3, -0.25) is 0 Å². The molecule has 1 fully saturated rings. The molecule has 1 aromatic rings. The van der Waals surface area contributed by atoms with Gasteiger partial charge in [0.1, 0.15) is 0 Å². The molecule has 1 aromatic carbocycles. The van der Waals surface area contributed by atoms with E-state index >= 15 is 0 Å². The molecule has 1 aliphatic heterocycles. The zero-order valence-electron chi connectivity index (χ0n) is 11.3. The molecule has 1 atom stereocenters. The first-order chi connectivity index (χ1) is 8.98. The number of rotatable bonds is 4. The number of nitrogens with two attached hydrogens (primary N) is 1. The second-order valence-corrected chi connectivity index (χ2v) is 6.74. The molecule has 19 heavy (non-hydrogen) atoms. The quantitative estimate of drug-likeness (QED) is 0.890. The molecule has 0 radical (unpaired) electrons. The van der Waals surface area contributed by atoms with Gasteiger partial charge in [0.05, 0.1) is 11.0 Å². The van der Waals surface area contributed by atoms with E-state index in [0.717, 1.165) is 17.5 Å². The summed E-state index contributed by atoms with van der Waals surface area (Å²) in [7, 11) is -1.80. The van der Waals surface area contributed by atoms with Crippen LogP contribution in [0.2, 0.25) is 0 Å². The molecule has 1 aliphatic rings. The zero-order chi connectivity index (χ0) is 14.0. The molecule has 0 saturated carbocycles. The maximum absolute atomic E-state index is 12.5. The molecular weight excluding hydrogens is 264 g/mol. The van der Waals surface area contributed by atoms with Crippen LogP contribution in [0.15, 0.2) is 23.1 Å². The number of benzene rings is 1. The summed E-state index contributed by atoms with van der Waals surface area (Å²) in [6.45, 7) is 3.24. The highest BCUT2D eigenvalue weighted by Gasteiger charge is 2.32. The minimum absolute atomic E-state index is 0.000753. The van der Waals surface area contributed by atoms with Crippen LogP contribution in [-0.4, -0.2) is 39.0 Å². The van der Waals surface area contributed by atoms with Gasteiger partial charge in [-0.25, -0.2) is 8.42 Å². The van der Waals surface area contributed by atoms with Crippen LogP contribution in [0.1, 0.15) is 17.5 Å². The summed E-state index contributed by atoms with van der Waals surface area (Å²) in [4.78, 5) is 0.332. The minimum atomic E-state index is -3.42. The van der Waals surface area contributed by atoms with E-state index in [4.69, 9.17) is 10.5 Å². The van der Waals surface area contributed by atoms with Crippen molar-refractivity contribution in [3.63, 3.8) is 0 Å². The molecule has 2 rings (SSSR count). The number of methoxy groups -OCH3 is 1. The summed E-state index contributed by atoms with van der Waals surface area (Å²) >= 11 is 0. The fourth-order valence-electron chi connectivity index (χ4n) is 2.32. The number of sulfonamides is 1. The predicted molar refractivity (Wildman–Crippen MR) is 73.2 cm³/mol. The van der Waals surface area contributed by atoms with Crippen LogP contribution in [0.3, 0.4) is 0 Å². The van der Waals surface area contributed by atoms with E-state index in [-0.39, 0.29) is 6.10 Å². The first kappa shape index (κ1) is 14.5. The molecule has 1 unspecified atom stereocenters. The molecule has 106 valence electrons. The second kappa shape index (κ2) is 5.58. The van der Waals surface area contributed by atoms with Crippen molar-refractivity contribution in [2.75, 3.05) is 20.2 Å². The van der Waals surface area contributed by atoms with Crippen LogP contribution in [-0.2, 0) is 21.3 Å². The Balaban J connectivity index is 2.27. The predicted octanol–water partition coefficient (Wildman–Crippen LogP) is 0.863. The Morgan fingerprint density at radius 1 is 1.47 bits per heavy atom. The van der Waals surface area contributed by atoms with Crippen molar-refractivity contribution < 1.29 is 13.2 Å². The Morgan fingerprint density at radius 2 is 2.21 bits per heavy atom. The average molecular weight is 284 g/mol. The molecule has 0 amide bonds. The summed E-state index contributed by atoms with van der Waals surface area (Å²) < 4.78 is 31.7. The molecule has 0 spiro atoms. The van der Waals surface area contributed by atoms with E-state index in [1.807, 2.05) is 6.92 Å². The van der Waals surface area contributed by atoms with Crippen LogP contribution >= 0.6 is 0 Å². The van der Waals surface area contributed by atoms with E-state index in [1.165, 1.54) is 4.31 Å². The standard InChI is InChI=1S/C13H20N2O3S/c1-10-7-13(4-3-11(10)8-14)19(16,17)15-6-5-12(9-15)18-2/h3-4,7,12H,5-6,8-9,14H2,1-2H3. The summed E-state index contributed by atoms with van der Waals surface area (Å²) in [5.74, 6) is 0. The van der Waals surface area contributed by atoms with Gasteiger partial charge in [-0.2, -0.15) is 4.31 Å². The highest BCUT2D eigenvalue weighted by molar-refractivity contribution is 7.89. The van der Waals surface area contributed by atoms with Gasteiger partial charge in [-0.15, -0.1) is 0 Å². The van der Waals surface area contributed by atoms with Crippen LogP contribution < -0.4 is 5.73 Å². The number of ether oxygens (including phenoxy) is 1. The van der Waals surface area contributed by atoms with Crippen molar-refractivity contribution >= 4 is 10.0 Å². The number of hydrogen-bond donors (Lipinski definition) is 1. The van der Waals surface area contributed by atoms with Crippen molar-refractivity contribution in [2.24, 2.45) is 5.73 Å². The van der Waals surface area contributed by atoms with E-state index < -0.39 is 10.0 Å². The lowest BCUT2D eigenvalue weighted by Gasteiger charge is -2.17. The normalized spacial score (nSPS) is 20.9. The van der Waals surface area contributed by atoms with E-state index in [2.05, 4.69) is 0 Å². The summed E-state index contributed by atoms with van der Waals surface area (Å²) in [6, 6.07) is 5.11. The van der Waals surface area contributed by atoms with Gasteiger partial charge in [0.15, 0.2) is 0 Å². The molecule has 0 aliphatic carbocycles.